The molecule has 0 unspecified atom stereocenters. The molecule has 94 valence electrons. The van der Waals surface area contributed by atoms with Gasteiger partial charge in [-0.2, -0.15) is 5.26 Å². The minimum Gasteiger partial charge on any atom is -0.340 e. The fourth-order valence-electron chi connectivity index (χ4n) is 2.03. The van der Waals surface area contributed by atoms with Gasteiger partial charge in [0.05, 0.1) is 18.7 Å². The molecule has 2 aromatic rings. The van der Waals surface area contributed by atoms with Gasteiger partial charge in [0, 0.05) is 11.8 Å². The lowest BCUT2D eigenvalue weighted by Gasteiger charge is -2.11. The standard InChI is InChI=1S/C12H10N6O/c1-7-14-6-9(16-7)11-15-5-8-4-10(19)18(3-2-13)12(8)17-11/h5-6H,3-4H2,1H3,(H,14,16). The predicted octanol–water partition coefficient (Wildman–Crippen LogP) is 0.588. The smallest absolute Gasteiger partial charge is 0.233 e. The molecule has 1 aliphatic heterocycles. The Labute approximate surface area is 108 Å². The first-order valence-electron chi connectivity index (χ1n) is 5.74. The number of aromatic amines is 1. The summed E-state index contributed by atoms with van der Waals surface area (Å²) >= 11 is 0. The largest absolute Gasteiger partial charge is 0.340 e. The molecule has 3 rings (SSSR count). The van der Waals surface area contributed by atoms with Gasteiger partial charge in [0.1, 0.15) is 23.9 Å². The monoisotopic (exact) mass is 254 g/mol. The molecular weight excluding hydrogens is 244 g/mol. The van der Waals surface area contributed by atoms with E-state index < -0.39 is 0 Å². The van der Waals surface area contributed by atoms with Gasteiger partial charge in [0.25, 0.3) is 0 Å². The van der Waals surface area contributed by atoms with E-state index in [2.05, 4.69) is 19.9 Å². The Kier molecular flexibility index (Phi) is 2.49. The molecule has 0 saturated carbocycles. The number of imidazole rings is 1. The molecule has 1 amide bonds. The zero-order valence-corrected chi connectivity index (χ0v) is 10.2. The summed E-state index contributed by atoms with van der Waals surface area (Å²) in [5, 5.41) is 8.76. The van der Waals surface area contributed by atoms with Gasteiger partial charge < -0.3 is 4.98 Å². The molecule has 0 fully saturated rings. The maximum Gasteiger partial charge on any atom is 0.233 e. The summed E-state index contributed by atoms with van der Waals surface area (Å²) in [5.74, 6) is 1.63. The second-order valence-electron chi connectivity index (χ2n) is 4.24. The molecule has 0 radical (unpaired) electrons. The van der Waals surface area contributed by atoms with Crippen molar-refractivity contribution in [1.82, 2.24) is 19.9 Å². The average molecular weight is 254 g/mol. The quantitative estimate of drug-likeness (QED) is 0.791. The highest BCUT2D eigenvalue weighted by Gasteiger charge is 2.29. The minimum absolute atomic E-state index is 0.00426. The van der Waals surface area contributed by atoms with Crippen LogP contribution in [0.1, 0.15) is 11.4 Å². The van der Waals surface area contributed by atoms with E-state index in [1.54, 1.807) is 12.4 Å². The van der Waals surface area contributed by atoms with Gasteiger partial charge in [-0.1, -0.05) is 0 Å². The lowest BCUT2D eigenvalue weighted by Crippen LogP contribution is -2.27. The van der Waals surface area contributed by atoms with Crippen LogP contribution in [0, 0.1) is 18.3 Å². The van der Waals surface area contributed by atoms with E-state index in [1.165, 1.54) is 4.90 Å². The van der Waals surface area contributed by atoms with Crippen molar-refractivity contribution < 1.29 is 4.79 Å². The number of carbonyl (C=O) groups is 1. The third-order valence-electron chi connectivity index (χ3n) is 2.91. The highest BCUT2D eigenvalue weighted by Crippen LogP contribution is 2.27. The minimum atomic E-state index is -0.121. The summed E-state index contributed by atoms with van der Waals surface area (Å²) in [6, 6.07) is 1.97. The molecule has 0 bridgehead atoms. The van der Waals surface area contributed by atoms with E-state index in [4.69, 9.17) is 5.26 Å². The average Bonchev–Trinajstić information content (AvgIpc) is 2.95. The van der Waals surface area contributed by atoms with Crippen molar-refractivity contribution in [2.75, 3.05) is 11.4 Å². The molecule has 0 aromatic carbocycles. The summed E-state index contributed by atoms with van der Waals surface area (Å²) in [7, 11) is 0. The van der Waals surface area contributed by atoms with Gasteiger partial charge in [-0.05, 0) is 6.92 Å². The number of hydrogen-bond donors (Lipinski definition) is 1. The van der Waals surface area contributed by atoms with Gasteiger partial charge in [0.15, 0.2) is 5.82 Å². The van der Waals surface area contributed by atoms with Crippen LogP contribution in [-0.2, 0) is 11.2 Å². The summed E-state index contributed by atoms with van der Waals surface area (Å²) in [6.45, 7) is 1.84. The Hall–Kier alpha value is -2.75. The molecule has 19 heavy (non-hydrogen) atoms. The van der Waals surface area contributed by atoms with Crippen LogP contribution in [0.2, 0.25) is 0 Å². The first kappa shape index (κ1) is 11.3. The molecular formula is C12H10N6O. The second kappa shape index (κ2) is 4.17. The van der Waals surface area contributed by atoms with Crippen LogP contribution in [-0.4, -0.2) is 32.4 Å². The number of fused-ring (bicyclic) bond motifs is 1. The van der Waals surface area contributed by atoms with Crippen LogP contribution >= 0.6 is 0 Å². The van der Waals surface area contributed by atoms with Crippen molar-refractivity contribution in [1.29, 1.82) is 5.26 Å². The fourth-order valence-corrected chi connectivity index (χ4v) is 2.03. The SMILES string of the molecule is Cc1ncc(-c2ncc3c(n2)N(CC#N)C(=O)C3)[nH]1. The van der Waals surface area contributed by atoms with Crippen LogP contribution in [0.3, 0.4) is 0 Å². The number of nitriles is 1. The first-order valence-corrected chi connectivity index (χ1v) is 5.74. The Morgan fingerprint density at radius 1 is 1.47 bits per heavy atom. The molecule has 0 saturated heterocycles. The zero-order chi connectivity index (χ0) is 13.4. The van der Waals surface area contributed by atoms with E-state index in [-0.39, 0.29) is 18.9 Å². The summed E-state index contributed by atoms with van der Waals surface area (Å²) < 4.78 is 0. The lowest BCUT2D eigenvalue weighted by atomic mass is 10.2. The van der Waals surface area contributed by atoms with Crippen molar-refractivity contribution in [2.24, 2.45) is 0 Å². The van der Waals surface area contributed by atoms with Gasteiger partial charge in [-0.3, -0.25) is 9.69 Å². The third-order valence-corrected chi connectivity index (χ3v) is 2.91. The molecule has 3 heterocycles. The highest BCUT2D eigenvalue weighted by atomic mass is 16.2. The van der Waals surface area contributed by atoms with Crippen LogP contribution in [0.4, 0.5) is 5.82 Å². The van der Waals surface area contributed by atoms with E-state index >= 15 is 0 Å². The van der Waals surface area contributed by atoms with Crippen molar-refractivity contribution in [3.63, 3.8) is 0 Å². The Morgan fingerprint density at radius 3 is 3.00 bits per heavy atom. The fraction of sp³-hybridized carbons (Fsp3) is 0.250. The van der Waals surface area contributed by atoms with Crippen LogP contribution in [0.15, 0.2) is 12.4 Å². The molecule has 1 aliphatic rings. The van der Waals surface area contributed by atoms with Gasteiger partial charge in [-0.15, -0.1) is 0 Å². The first-order chi connectivity index (χ1) is 9.19. The lowest BCUT2D eigenvalue weighted by molar-refractivity contribution is -0.117. The van der Waals surface area contributed by atoms with Crippen molar-refractivity contribution >= 4 is 11.7 Å². The molecule has 0 aliphatic carbocycles. The topological polar surface area (TPSA) is 98.6 Å². The highest BCUT2D eigenvalue weighted by molar-refractivity contribution is 6.00. The third kappa shape index (κ3) is 1.83. The molecule has 0 spiro atoms. The summed E-state index contributed by atoms with van der Waals surface area (Å²) in [6.07, 6.45) is 3.52. The number of nitrogens with zero attached hydrogens (tertiary/aromatic N) is 5. The van der Waals surface area contributed by atoms with Crippen molar-refractivity contribution in [2.45, 2.75) is 13.3 Å². The molecule has 2 aromatic heterocycles. The number of amides is 1. The summed E-state index contributed by atoms with van der Waals surface area (Å²) in [5.41, 5.74) is 1.44. The molecule has 1 N–H and O–H groups in total. The second-order valence-corrected chi connectivity index (χ2v) is 4.24. The Morgan fingerprint density at radius 2 is 2.32 bits per heavy atom. The predicted molar refractivity (Wildman–Crippen MR) is 66.0 cm³/mol. The molecule has 0 atom stereocenters. The Balaban J connectivity index is 2.05. The normalized spacial score (nSPS) is 13.5. The number of aryl methyl sites for hydroxylation is 1. The summed E-state index contributed by atoms with van der Waals surface area (Å²) in [4.78, 5) is 28.8. The number of aromatic nitrogens is 4. The van der Waals surface area contributed by atoms with E-state index in [0.29, 0.717) is 17.3 Å². The number of carbonyl (C=O) groups excluding carboxylic acids is 1. The maximum atomic E-state index is 11.8. The van der Waals surface area contributed by atoms with Crippen molar-refractivity contribution in [3.05, 3.63) is 23.8 Å². The Bertz CT molecular complexity index is 698. The number of H-pyrrole nitrogens is 1. The maximum absolute atomic E-state index is 11.8. The van der Waals surface area contributed by atoms with Crippen LogP contribution < -0.4 is 4.90 Å². The number of anilines is 1. The van der Waals surface area contributed by atoms with E-state index in [9.17, 15) is 4.79 Å². The number of hydrogen-bond acceptors (Lipinski definition) is 5. The van der Waals surface area contributed by atoms with Crippen molar-refractivity contribution in [3.8, 4) is 17.6 Å². The van der Waals surface area contributed by atoms with Gasteiger partial charge >= 0.3 is 0 Å². The number of rotatable bonds is 2. The van der Waals surface area contributed by atoms with Gasteiger partial charge in [0.2, 0.25) is 5.91 Å². The van der Waals surface area contributed by atoms with E-state index in [1.807, 2.05) is 13.0 Å². The number of nitrogens with one attached hydrogen (secondary N) is 1. The van der Waals surface area contributed by atoms with Crippen LogP contribution in [0.5, 0.6) is 0 Å². The molecule has 7 nitrogen and oxygen atoms in total. The van der Waals surface area contributed by atoms with Gasteiger partial charge in [-0.25, -0.2) is 15.0 Å². The zero-order valence-electron chi connectivity index (χ0n) is 10.2. The van der Waals surface area contributed by atoms with Crippen LogP contribution in [0.25, 0.3) is 11.5 Å². The van der Waals surface area contributed by atoms with E-state index in [0.717, 1.165) is 11.4 Å². The molecule has 7 heteroatoms.